The van der Waals surface area contributed by atoms with E-state index in [0.717, 1.165) is 18.4 Å². The first-order valence-corrected chi connectivity index (χ1v) is 9.61. The second-order valence-corrected chi connectivity index (χ2v) is 7.22. The van der Waals surface area contributed by atoms with Gasteiger partial charge in [-0.25, -0.2) is 0 Å². The first-order valence-electron chi connectivity index (χ1n) is 9.61. The van der Waals surface area contributed by atoms with Gasteiger partial charge in [0.1, 0.15) is 11.9 Å². The van der Waals surface area contributed by atoms with Gasteiger partial charge in [0.05, 0.1) is 25.3 Å². The molecule has 27 heavy (non-hydrogen) atoms. The molecular formula is C20H25N3O4. The topological polar surface area (TPSA) is 77.7 Å². The zero-order valence-corrected chi connectivity index (χ0v) is 15.6. The molecular weight excluding hydrogens is 346 g/mol. The van der Waals surface area contributed by atoms with Crippen LogP contribution in [0.25, 0.3) is 11.5 Å². The summed E-state index contributed by atoms with van der Waals surface area (Å²) in [6.07, 6.45) is 5.03. The fraction of sp³-hybridized carbons (Fsp3) is 0.550. The Morgan fingerprint density at radius 2 is 2.04 bits per heavy atom. The largest absolute Gasteiger partial charge is 0.486 e. The molecule has 1 aromatic carbocycles. The van der Waals surface area contributed by atoms with Crippen LogP contribution in [0.2, 0.25) is 0 Å². The molecule has 2 heterocycles. The van der Waals surface area contributed by atoms with Crippen molar-refractivity contribution in [1.29, 1.82) is 0 Å². The van der Waals surface area contributed by atoms with Crippen molar-refractivity contribution in [3.63, 3.8) is 0 Å². The number of hydrogen-bond donors (Lipinski definition) is 0. The molecule has 0 unspecified atom stereocenters. The summed E-state index contributed by atoms with van der Waals surface area (Å²) in [5.74, 6) is 2.27. The van der Waals surface area contributed by atoms with Crippen molar-refractivity contribution >= 4 is 5.91 Å². The van der Waals surface area contributed by atoms with Gasteiger partial charge in [-0.3, -0.25) is 4.79 Å². The summed E-state index contributed by atoms with van der Waals surface area (Å²) in [4.78, 5) is 18.8. The maximum absolute atomic E-state index is 12.4. The van der Waals surface area contributed by atoms with E-state index in [1.165, 1.54) is 12.8 Å². The molecule has 0 spiro atoms. The molecule has 1 aliphatic carbocycles. The molecule has 4 rings (SSSR count). The van der Waals surface area contributed by atoms with Crippen LogP contribution in [0.15, 0.2) is 28.8 Å². The molecule has 1 aliphatic heterocycles. The first-order chi connectivity index (χ1) is 13.2. The minimum Gasteiger partial charge on any atom is -0.486 e. The van der Waals surface area contributed by atoms with E-state index in [4.69, 9.17) is 14.0 Å². The van der Waals surface area contributed by atoms with E-state index < -0.39 is 0 Å². The summed E-state index contributed by atoms with van der Waals surface area (Å²) in [5.41, 5.74) is 0.772. The molecule has 1 saturated heterocycles. The minimum absolute atomic E-state index is 0.00684. The molecule has 1 amide bonds. The highest BCUT2D eigenvalue weighted by atomic mass is 16.5. The van der Waals surface area contributed by atoms with E-state index in [1.54, 1.807) is 7.11 Å². The van der Waals surface area contributed by atoms with Crippen LogP contribution in [0.5, 0.6) is 5.75 Å². The predicted octanol–water partition coefficient (Wildman–Crippen LogP) is 2.71. The molecule has 144 valence electrons. The summed E-state index contributed by atoms with van der Waals surface area (Å²) in [6.45, 7) is 1.84. The number of hydrogen-bond acceptors (Lipinski definition) is 6. The van der Waals surface area contributed by atoms with Gasteiger partial charge in [-0.15, -0.1) is 0 Å². The maximum atomic E-state index is 12.4. The Kier molecular flexibility index (Phi) is 5.38. The summed E-state index contributed by atoms with van der Waals surface area (Å²) < 4.78 is 16.6. The van der Waals surface area contributed by atoms with Gasteiger partial charge in [0.15, 0.2) is 5.82 Å². The second-order valence-electron chi connectivity index (χ2n) is 7.22. The lowest BCUT2D eigenvalue weighted by Crippen LogP contribution is -2.57. The number of methoxy groups -OCH3 is 1. The van der Waals surface area contributed by atoms with Gasteiger partial charge in [-0.05, 0) is 25.0 Å². The van der Waals surface area contributed by atoms with E-state index in [1.807, 2.05) is 29.2 Å². The molecule has 2 aromatic rings. The van der Waals surface area contributed by atoms with Crippen LogP contribution in [0.1, 0.15) is 31.5 Å². The maximum Gasteiger partial charge on any atom is 0.261 e. The molecule has 1 saturated carbocycles. The number of carbonyl (C=O) groups excluding carboxylic acids is 1. The van der Waals surface area contributed by atoms with Crippen LogP contribution in [-0.2, 0) is 16.0 Å². The van der Waals surface area contributed by atoms with Crippen molar-refractivity contribution < 1.29 is 18.8 Å². The van der Waals surface area contributed by atoms with Crippen molar-refractivity contribution in [1.82, 2.24) is 15.0 Å². The number of carbonyl (C=O) groups is 1. The highest BCUT2D eigenvalue weighted by Crippen LogP contribution is 2.32. The Balaban J connectivity index is 1.38. The van der Waals surface area contributed by atoms with Crippen LogP contribution in [-0.4, -0.2) is 53.9 Å². The molecule has 0 bridgehead atoms. The van der Waals surface area contributed by atoms with E-state index in [0.29, 0.717) is 49.5 Å². The van der Waals surface area contributed by atoms with E-state index in [9.17, 15) is 4.79 Å². The van der Waals surface area contributed by atoms with Gasteiger partial charge < -0.3 is 18.9 Å². The molecule has 7 nitrogen and oxygen atoms in total. The van der Waals surface area contributed by atoms with Crippen molar-refractivity contribution in [2.24, 2.45) is 5.92 Å². The summed E-state index contributed by atoms with van der Waals surface area (Å²) in [5, 5.41) is 3.99. The SMILES string of the molecule is COCCc1noc(-c2ccccc2OC2CN(C(=O)C3CCCC3)C2)n1. The highest BCUT2D eigenvalue weighted by Gasteiger charge is 2.37. The molecule has 2 fully saturated rings. The van der Waals surface area contributed by atoms with Crippen LogP contribution in [0, 0.1) is 5.92 Å². The Morgan fingerprint density at radius 1 is 1.26 bits per heavy atom. The van der Waals surface area contributed by atoms with Crippen molar-refractivity contribution in [2.45, 2.75) is 38.2 Å². The van der Waals surface area contributed by atoms with Crippen LogP contribution in [0.4, 0.5) is 0 Å². The lowest BCUT2D eigenvalue weighted by atomic mass is 10.0. The van der Waals surface area contributed by atoms with Gasteiger partial charge in [-0.2, -0.15) is 4.98 Å². The molecule has 1 aromatic heterocycles. The number of benzene rings is 1. The summed E-state index contributed by atoms with van der Waals surface area (Å²) >= 11 is 0. The third-order valence-corrected chi connectivity index (χ3v) is 5.27. The smallest absolute Gasteiger partial charge is 0.261 e. The van der Waals surface area contributed by atoms with Crippen LogP contribution in [0.3, 0.4) is 0 Å². The number of likely N-dealkylation sites (tertiary alicyclic amines) is 1. The Hall–Kier alpha value is -2.41. The second kappa shape index (κ2) is 8.08. The average Bonchev–Trinajstić information content (AvgIpc) is 3.34. The third-order valence-electron chi connectivity index (χ3n) is 5.27. The molecule has 0 radical (unpaired) electrons. The lowest BCUT2D eigenvalue weighted by molar-refractivity contribution is -0.144. The number of aromatic nitrogens is 2. The Labute approximate surface area is 158 Å². The predicted molar refractivity (Wildman–Crippen MR) is 98.3 cm³/mol. The molecule has 0 atom stereocenters. The van der Waals surface area contributed by atoms with Gasteiger partial charge in [0.2, 0.25) is 5.91 Å². The van der Waals surface area contributed by atoms with Crippen molar-refractivity contribution in [3.05, 3.63) is 30.1 Å². The monoisotopic (exact) mass is 371 g/mol. The Bertz CT molecular complexity index is 779. The minimum atomic E-state index is 0.00684. The number of para-hydroxylation sites is 1. The number of ether oxygens (including phenoxy) is 2. The number of amides is 1. The van der Waals surface area contributed by atoms with Crippen LogP contribution >= 0.6 is 0 Å². The zero-order chi connectivity index (χ0) is 18.6. The third kappa shape index (κ3) is 3.98. The quantitative estimate of drug-likeness (QED) is 0.745. The van der Waals surface area contributed by atoms with E-state index in [2.05, 4.69) is 10.1 Å². The van der Waals surface area contributed by atoms with E-state index >= 15 is 0 Å². The molecule has 7 heteroatoms. The summed E-state index contributed by atoms with van der Waals surface area (Å²) in [7, 11) is 1.64. The zero-order valence-electron chi connectivity index (χ0n) is 15.6. The lowest BCUT2D eigenvalue weighted by Gasteiger charge is -2.40. The van der Waals surface area contributed by atoms with Gasteiger partial charge in [0.25, 0.3) is 5.89 Å². The number of rotatable bonds is 7. The average molecular weight is 371 g/mol. The number of nitrogens with zero attached hydrogens (tertiary/aromatic N) is 3. The van der Waals surface area contributed by atoms with Crippen molar-refractivity contribution in [2.75, 3.05) is 26.8 Å². The van der Waals surface area contributed by atoms with Crippen molar-refractivity contribution in [3.8, 4) is 17.2 Å². The molecule has 0 N–H and O–H groups in total. The Morgan fingerprint density at radius 3 is 2.81 bits per heavy atom. The standard InChI is InChI=1S/C20H25N3O4/c1-25-11-10-18-21-19(27-22-18)16-8-4-5-9-17(16)26-15-12-23(13-15)20(24)14-6-2-3-7-14/h4-5,8-9,14-15H,2-3,6-7,10-13H2,1H3. The van der Waals surface area contributed by atoms with Gasteiger partial charge >= 0.3 is 0 Å². The first kappa shape index (κ1) is 18.0. The fourth-order valence-corrected chi connectivity index (χ4v) is 3.71. The van der Waals surface area contributed by atoms with Gasteiger partial charge in [0, 0.05) is 19.4 Å². The normalized spacial score (nSPS) is 17.9. The summed E-state index contributed by atoms with van der Waals surface area (Å²) in [6, 6.07) is 7.64. The van der Waals surface area contributed by atoms with Gasteiger partial charge in [-0.1, -0.05) is 30.1 Å². The fourth-order valence-electron chi connectivity index (χ4n) is 3.71. The molecule has 2 aliphatic rings. The van der Waals surface area contributed by atoms with E-state index in [-0.39, 0.29) is 12.0 Å². The van der Waals surface area contributed by atoms with Crippen LogP contribution < -0.4 is 4.74 Å². The highest BCUT2D eigenvalue weighted by molar-refractivity contribution is 5.80.